The Kier molecular flexibility index (Phi) is 8.52. The molecule has 0 amide bonds. The van der Waals surface area contributed by atoms with E-state index in [-0.39, 0.29) is 0 Å². The van der Waals surface area contributed by atoms with Gasteiger partial charge in [-0.1, -0.05) is 158 Å². The Morgan fingerprint density at radius 2 is 0.574 bits per heavy atom. The molecule has 0 N–H and O–H groups in total. The summed E-state index contributed by atoms with van der Waals surface area (Å²) in [5.41, 5.74) is 8.87. The van der Waals surface area contributed by atoms with E-state index >= 15 is 0 Å². The summed E-state index contributed by atoms with van der Waals surface area (Å²) in [6.07, 6.45) is 3.70. The molecule has 14 rings (SSSR count). The Balaban J connectivity index is 1.13. The fraction of sp³-hybridized carbons (Fsp3) is 0. The molecule has 11 aromatic carbocycles. The van der Waals surface area contributed by atoms with Gasteiger partial charge >= 0.3 is 0 Å². The molecular weight excluding hydrogens is 827 g/mol. The Hall–Kier alpha value is -9.19. The van der Waals surface area contributed by atoms with E-state index in [4.69, 9.17) is 24.9 Å². The van der Waals surface area contributed by atoms with E-state index in [1.807, 2.05) is 24.5 Å². The van der Waals surface area contributed by atoms with Crippen molar-refractivity contribution in [2.75, 3.05) is 0 Å². The van der Waals surface area contributed by atoms with E-state index in [0.29, 0.717) is 17.5 Å². The highest BCUT2D eigenvalue weighted by Crippen LogP contribution is 2.44. The zero-order valence-electron chi connectivity index (χ0n) is 36.6. The molecule has 0 radical (unpaired) electrons. The molecule has 0 saturated carbocycles. The van der Waals surface area contributed by atoms with Gasteiger partial charge in [-0.2, -0.15) is 0 Å². The van der Waals surface area contributed by atoms with E-state index < -0.39 is 0 Å². The molecule has 0 fully saturated rings. The summed E-state index contributed by atoms with van der Waals surface area (Å²) in [5, 5.41) is 15.7. The number of rotatable bonds is 5. The number of hydrogen-bond donors (Lipinski definition) is 0. The summed E-state index contributed by atoms with van der Waals surface area (Å²) in [5.74, 6) is 1.71. The summed E-state index contributed by atoms with van der Waals surface area (Å²) in [4.78, 5) is 26.4. The van der Waals surface area contributed by atoms with Crippen LogP contribution in [0.1, 0.15) is 0 Å². The number of nitrogens with zero attached hydrogens (tertiary/aromatic N) is 5. The average molecular weight is 864 g/mol. The average Bonchev–Trinajstić information content (AvgIpc) is 3.41. The Morgan fingerprint density at radius 1 is 0.235 bits per heavy atom. The van der Waals surface area contributed by atoms with Gasteiger partial charge in [0.15, 0.2) is 17.5 Å². The van der Waals surface area contributed by atoms with Gasteiger partial charge < -0.3 is 0 Å². The molecule has 14 aromatic rings. The van der Waals surface area contributed by atoms with Crippen molar-refractivity contribution in [3.8, 4) is 56.4 Å². The maximum Gasteiger partial charge on any atom is 0.165 e. The first kappa shape index (κ1) is 38.1. The molecule has 0 aliphatic heterocycles. The second-order valence-corrected chi connectivity index (χ2v) is 17.6. The first-order valence-corrected chi connectivity index (χ1v) is 23.0. The van der Waals surface area contributed by atoms with Crippen LogP contribution in [0.4, 0.5) is 0 Å². The molecule has 0 aliphatic carbocycles. The molecule has 314 valence electrons. The van der Waals surface area contributed by atoms with Gasteiger partial charge in [-0.3, -0.25) is 9.97 Å². The van der Waals surface area contributed by atoms with Crippen molar-refractivity contribution in [2.24, 2.45) is 0 Å². The summed E-state index contributed by atoms with van der Waals surface area (Å²) in [6, 6.07) is 75.9. The molecule has 0 aliphatic rings. The second kappa shape index (κ2) is 15.2. The predicted octanol–water partition coefficient (Wildman–Crippen LogP) is 16.2. The van der Waals surface area contributed by atoms with Gasteiger partial charge in [-0.05, 0) is 141 Å². The molecule has 3 heterocycles. The lowest BCUT2D eigenvalue weighted by atomic mass is 9.88. The van der Waals surface area contributed by atoms with Crippen LogP contribution in [0, 0.1) is 0 Å². The first-order valence-electron chi connectivity index (χ1n) is 23.0. The molecule has 0 spiro atoms. The van der Waals surface area contributed by atoms with E-state index in [1.165, 1.54) is 43.1 Å². The van der Waals surface area contributed by atoms with Gasteiger partial charge in [0.25, 0.3) is 0 Å². The molecule has 0 bridgehead atoms. The van der Waals surface area contributed by atoms with Gasteiger partial charge in [0.05, 0.1) is 11.0 Å². The third-order valence-electron chi connectivity index (χ3n) is 13.7. The Morgan fingerprint density at radius 3 is 1.03 bits per heavy atom. The van der Waals surface area contributed by atoms with E-state index in [9.17, 15) is 0 Å². The SMILES string of the molecule is c1ccc2c(-c3nc(-c4cc(-c5cc6ccccc6c6ccccc56)cc(-c5cc6ccccc6c6ccccc56)c4)nc(-c4c5ccccc5cc5ncccc45)n3)c3cccnc3cc2c1. The molecule has 5 heteroatoms. The van der Waals surface area contributed by atoms with Crippen molar-refractivity contribution in [1.82, 2.24) is 24.9 Å². The highest BCUT2D eigenvalue weighted by atomic mass is 15.0. The van der Waals surface area contributed by atoms with Gasteiger partial charge in [0.1, 0.15) is 0 Å². The highest BCUT2D eigenvalue weighted by molar-refractivity contribution is 6.17. The fourth-order valence-corrected chi connectivity index (χ4v) is 10.6. The minimum absolute atomic E-state index is 0.568. The predicted molar refractivity (Wildman–Crippen MR) is 283 cm³/mol. The van der Waals surface area contributed by atoms with Crippen LogP contribution < -0.4 is 0 Å². The molecule has 3 aromatic heterocycles. The molecular formula is C63H37N5. The van der Waals surface area contributed by atoms with Gasteiger partial charge in [0, 0.05) is 39.9 Å². The van der Waals surface area contributed by atoms with Gasteiger partial charge in [-0.25, -0.2) is 15.0 Å². The number of pyridine rings is 2. The van der Waals surface area contributed by atoms with Crippen LogP contribution in [0.5, 0.6) is 0 Å². The summed E-state index contributed by atoms with van der Waals surface area (Å²) >= 11 is 0. The lowest BCUT2D eigenvalue weighted by Crippen LogP contribution is -2.03. The molecule has 68 heavy (non-hydrogen) atoms. The quantitative estimate of drug-likeness (QED) is 0.127. The van der Waals surface area contributed by atoms with Crippen molar-refractivity contribution in [2.45, 2.75) is 0 Å². The number of benzene rings is 11. The smallest absolute Gasteiger partial charge is 0.165 e. The normalized spacial score (nSPS) is 11.8. The standard InChI is InChI=1S/C63H37N5/c1-5-19-45-38(15-1)34-55(51-25-11-9-23-49(45)51)42-31-43(56-35-39-16-2-6-20-46(39)50-24-10-12-26-52(50)56)33-44(32-42)61-66-62(59-47-21-7-3-17-40(47)36-57-53(59)27-13-29-64-57)68-63(67-61)60-48-22-8-4-18-41(48)37-58-54(60)28-14-30-65-58/h1-37H. The van der Waals surface area contributed by atoms with Crippen LogP contribution in [-0.2, 0) is 0 Å². The Labute approximate surface area is 390 Å². The summed E-state index contributed by atoms with van der Waals surface area (Å²) in [7, 11) is 0. The van der Waals surface area contributed by atoms with E-state index in [0.717, 1.165) is 82.3 Å². The lowest BCUT2D eigenvalue weighted by Gasteiger charge is -2.17. The third kappa shape index (κ3) is 6.06. The molecule has 5 nitrogen and oxygen atoms in total. The molecule has 0 unspecified atom stereocenters. The minimum Gasteiger partial charge on any atom is -0.256 e. The van der Waals surface area contributed by atoms with Crippen molar-refractivity contribution in [3.63, 3.8) is 0 Å². The van der Waals surface area contributed by atoms with Gasteiger partial charge in [-0.15, -0.1) is 0 Å². The zero-order valence-corrected chi connectivity index (χ0v) is 36.6. The van der Waals surface area contributed by atoms with Crippen molar-refractivity contribution < 1.29 is 0 Å². The lowest BCUT2D eigenvalue weighted by molar-refractivity contribution is 1.08. The van der Waals surface area contributed by atoms with Crippen LogP contribution in [0.3, 0.4) is 0 Å². The van der Waals surface area contributed by atoms with Crippen LogP contribution in [-0.4, -0.2) is 24.9 Å². The minimum atomic E-state index is 0.568. The number of fused-ring (bicyclic) bond motifs is 10. The van der Waals surface area contributed by atoms with Crippen molar-refractivity contribution >= 4 is 86.4 Å². The van der Waals surface area contributed by atoms with Crippen molar-refractivity contribution in [1.29, 1.82) is 0 Å². The topological polar surface area (TPSA) is 64.5 Å². The van der Waals surface area contributed by atoms with E-state index in [2.05, 4.69) is 200 Å². The van der Waals surface area contributed by atoms with Crippen molar-refractivity contribution in [3.05, 3.63) is 225 Å². The maximum absolute atomic E-state index is 5.59. The number of aromatic nitrogens is 5. The van der Waals surface area contributed by atoms with Crippen LogP contribution >= 0.6 is 0 Å². The fourth-order valence-electron chi connectivity index (χ4n) is 10.6. The summed E-state index contributed by atoms with van der Waals surface area (Å²) in [6.45, 7) is 0. The maximum atomic E-state index is 5.59. The molecule has 0 saturated heterocycles. The Bertz CT molecular complexity index is 4020. The van der Waals surface area contributed by atoms with E-state index in [1.54, 1.807) is 0 Å². The zero-order chi connectivity index (χ0) is 44.7. The van der Waals surface area contributed by atoms with Crippen LogP contribution in [0.15, 0.2) is 225 Å². The second-order valence-electron chi connectivity index (χ2n) is 17.6. The van der Waals surface area contributed by atoms with Crippen LogP contribution in [0.2, 0.25) is 0 Å². The van der Waals surface area contributed by atoms with Gasteiger partial charge in [0.2, 0.25) is 0 Å². The third-order valence-corrected chi connectivity index (χ3v) is 13.7. The summed E-state index contributed by atoms with van der Waals surface area (Å²) < 4.78 is 0. The monoisotopic (exact) mass is 863 g/mol. The first-order chi connectivity index (χ1) is 33.7. The largest absolute Gasteiger partial charge is 0.256 e. The number of hydrogen-bond acceptors (Lipinski definition) is 5. The highest BCUT2D eigenvalue weighted by Gasteiger charge is 2.22. The molecule has 0 atom stereocenters. The van der Waals surface area contributed by atoms with Crippen LogP contribution in [0.25, 0.3) is 143 Å².